The third kappa shape index (κ3) is 1.75. The molecular weight excluding hydrogens is 234 g/mol. The van der Waals surface area contributed by atoms with Gasteiger partial charge in [-0.3, -0.25) is 0 Å². The van der Waals surface area contributed by atoms with E-state index < -0.39 is 0 Å². The SMILES string of the molecule is CNC1c2c(cc(OC)c(OC)c2OC)OC1C. The maximum absolute atomic E-state index is 5.82. The second kappa shape index (κ2) is 4.94. The summed E-state index contributed by atoms with van der Waals surface area (Å²) in [6.07, 6.45) is 0.0377. The highest BCUT2D eigenvalue weighted by atomic mass is 16.5. The van der Waals surface area contributed by atoms with Crippen molar-refractivity contribution >= 4 is 0 Å². The van der Waals surface area contributed by atoms with Crippen molar-refractivity contribution in [2.24, 2.45) is 0 Å². The van der Waals surface area contributed by atoms with Crippen LogP contribution < -0.4 is 24.3 Å². The van der Waals surface area contributed by atoms with Crippen molar-refractivity contribution in [3.8, 4) is 23.0 Å². The molecule has 2 unspecified atom stereocenters. The van der Waals surface area contributed by atoms with Gasteiger partial charge < -0.3 is 24.3 Å². The van der Waals surface area contributed by atoms with E-state index in [0.717, 1.165) is 11.3 Å². The van der Waals surface area contributed by atoms with E-state index in [1.165, 1.54) is 0 Å². The molecule has 1 aliphatic rings. The van der Waals surface area contributed by atoms with Gasteiger partial charge in [0.1, 0.15) is 11.9 Å². The summed E-state index contributed by atoms with van der Waals surface area (Å²) in [6.45, 7) is 2.01. The van der Waals surface area contributed by atoms with Gasteiger partial charge in [-0.1, -0.05) is 0 Å². The summed E-state index contributed by atoms with van der Waals surface area (Å²) < 4.78 is 22.0. The van der Waals surface area contributed by atoms with Crippen LogP contribution in [0.1, 0.15) is 18.5 Å². The van der Waals surface area contributed by atoms with Gasteiger partial charge in [0.15, 0.2) is 11.5 Å². The zero-order valence-electron chi connectivity index (χ0n) is 11.4. The number of likely N-dealkylation sites (N-methyl/N-ethyl adjacent to an activating group) is 1. The molecule has 0 amide bonds. The average molecular weight is 253 g/mol. The van der Waals surface area contributed by atoms with Crippen molar-refractivity contribution in [1.29, 1.82) is 0 Å². The highest BCUT2D eigenvalue weighted by molar-refractivity contribution is 5.64. The Kier molecular flexibility index (Phi) is 3.52. The Labute approximate surface area is 107 Å². The monoisotopic (exact) mass is 253 g/mol. The minimum atomic E-state index is 0.0377. The number of rotatable bonds is 4. The van der Waals surface area contributed by atoms with E-state index in [9.17, 15) is 0 Å². The predicted octanol–water partition coefficient (Wildman–Crippen LogP) is 1.75. The van der Waals surface area contributed by atoms with E-state index in [1.807, 2.05) is 20.0 Å². The molecule has 5 nitrogen and oxygen atoms in total. The first-order valence-corrected chi connectivity index (χ1v) is 5.84. The second-order valence-electron chi connectivity index (χ2n) is 4.15. The summed E-state index contributed by atoms with van der Waals surface area (Å²) in [4.78, 5) is 0. The van der Waals surface area contributed by atoms with Crippen molar-refractivity contribution in [3.63, 3.8) is 0 Å². The lowest BCUT2D eigenvalue weighted by Gasteiger charge is -2.18. The smallest absolute Gasteiger partial charge is 0.203 e. The molecular formula is C13H19NO4. The summed E-state index contributed by atoms with van der Waals surface area (Å²) in [5.41, 5.74) is 0.977. The Hall–Kier alpha value is -1.62. The van der Waals surface area contributed by atoms with Crippen LogP contribution in [0.3, 0.4) is 0 Å². The van der Waals surface area contributed by atoms with E-state index in [0.29, 0.717) is 17.2 Å². The largest absolute Gasteiger partial charge is 0.493 e. The average Bonchev–Trinajstić information content (AvgIpc) is 2.71. The highest BCUT2D eigenvalue weighted by Crippen LogP contribution is 2.51. The molecule has 0 aromatic heterocycles. The number of hydrogen-bond acceptors (Lipinski definition) is 5. The summed E-state index contributed by atoms with van der Waals surface area (Å²) in [6, 6.07) is 1.92. The quantitative estimate of drug-likeness (QED) is 0.886. The number of fused-ring (bicyclic) bond motifs is 1. The molecule has 2 atom stereocenters. The number of ether oxygens (including phenoxy) is 4. The molecule has 0 fully saturated rings. The molecule has 100 valence electrons. The molecule has 5 heteroatoms. The summed E-state index contributed by atoms with van der Waals surface area (Å²) in [5, 5.41) is 3.23. The van der Waals surface area contributed by atoms with Gasteiger partial charge in [-0.25, -0.2) is 0 Å². The van der Waals surface area contributed by atoms with Gasteiger partial charge in [-0.05, 0) is 14.0 Å². The van der Waals surface area contributed by atoms with E-state index in [1.54, 1.807) is 21.3 Å². The van der Waals surface area contributed by atoms with Crippen LogP contribution in [0.25, 0.3) is 0 Å². The van der Waals surface area contributed by atoms with Crippen LogP contribution in [0.15, 0.2) is 6.07 Å². The van der Waals surface area contributed by atoms with Crippen molar-refractivity contribution in [3.05, 3.63) is 11.6 Å². The number of hydrogen-bond donors (Lipinski definition) is 1. The van der Waals surface area contributed by atoms with Crippen LogP contribution in [0.5, 0.6) is 23.0 Å². The van der Waals surface area contributed by atoms with Crippen molar-refractivity contribution < 1.29 is 18.9 Å². The van der Waals surface area contributed by atoms with Crippen LogP contribution in [0.2, 0.25) is 0 Å². The first kappa shape index (κ1) is 12.8. The predicted molar refractivity (Wildman–Crippen MR) is 68.0 cm³/mol. The zero-order valence-corrected chi connectivity index (χ0v) is 11.4. The van der Waals surface area contributed by atoms with E-state index >= 15 is 0 Å². The molecule has 0 saturated carbocycles. The van der Waals surface area contributed by atoms with Gasteiger partial charge in [0.05, 0.1) is 32.9 Å². The van der Waals surface area contributed by atoms with Crippen molar-refractivity contribution in [2.45, 2.75) is 19.1 Å². The number of nitrogens with one attached hydrogen (secondary N) is 1. The standard InChI is InChI=1S/C13H19NO4/c1-7-11(14-2)10-8(18-7)6-9(15-3)12(16-4)13(10)17-5/h6-7,11,14H,1-5H3. The molecule has 0 aliphatic carbocycles. The van der Waals surface area contributed by atoms with Crippen LogP contribution in [0.4, 0.5) is 0 Å². The molecule has 1 aromatic carbocycles. The lowest BCUT2D eigenvalue weighted by molar-refractivity contribution is 0.213. The maximum Gasteiger partial charge on any atom is 0.203 e. The van der Waals surface area contributed by atoms with E-state index in [-0.39, 0.29) is 12.1 Å². The van der Waals surface area contributed by atoms with Gasteiger partial charge >= 0.3 is 0 Å². The van der Waals surface area contributed by atoms with Crippen molar-refractivity contribution in [1.82, 2.24) is 5.32 Å². The third-order valence-electron chi connectivity index (χ3n) is 3.23. The Balaban J connectivity index is 2.64. The molecule has 0 saturated heterocycles. The van der Waals surface area contributed by atoms with Gasteiger partial charge in [0, 0.05) is 6.07 Å². The zero-order chi connectivity index (χ0) is 13.3. The summed E-state index contributed by atoms with van der Waals surface area (Å²) in [5.74, 6) is 2.64. The highest BCUT2D eigenvalue weighted by Gasteiger charge is 2.36. The van der Waals surface area contributed by atoms with Gasteiger partial charge in [-0.15, -0.1) is 0 Å². The minimum Gasteiger partial charge on any atom is -0.493 e. The number of benzene rings is 1. The topological polar surface area (TPSA) is 49.0 Å². The first-order valence-electron chi connectivity index (χ1n) is 5.84. The fourth-order valence-electron chi connectivity index (χ4n) is 2.43. The molecule has 1 aromatic rings. The first-order chi connectivity index (χ1) is 8.67. The molecule has 1 aliphatic heterocycles. The number of methoxy groups -OCH3 is 3. The van der Waals surface area contributed by atoms with Crippen LogP contribution >= 0.6 is 0 Å². The lowest BCUT2D eigenvalue weighted by atomic mass is 10.0. The maximum atomic E-state index is 5.82. The fourth-order valence-corrected chi connectivity index (χ4v) is 2.43. The van der Waals surface area contributed by atoms with Crippen LogP contribution in [0, 0.1) is 0 Å². The lowest BCUT2D eigenvalue weighted by Crippen LogP contribution is -2.25. The Morgan fingerprint density at radius 3 is 2.28 bits per heavy atom. The molecule has 18 heavy (non-hydrogen) atoms. The molecule has 1 N–H and O–H groups in total. The molecule has 0 radical (unpaired) electrons. The molecule has 1 heterocycles. The Morgan fingerprint density at radius 2 is 1.78 bits per heavy atom. The van der Waals surface area contributed by atoms with E-state index in [2.05, 4.69) is 5.32 Å². The van der Waals surface area contributed by atoms with Gasteiger partial charge in [0.25, 0.3) is 0 Å². The third-order valence-corrected chi connectivity index (χ3v) is 3.23. The van der Waals surface area contributed by atoms with E-state index in [4.69, 9.17) is 18.9 Å². The van der Waals surface area contributed by atoms with Gasteiger partial charge in [-0.2, -0.15) is 0 Å². The van der Waals surface area contributed by atoms with Crippen molar-refractivity contribution in [2.75, 3.05) is 28.4 Å². The minimum absolute atomic E-state index is 0.0377. The molecule has 2 rings (SSSR count). The fraction of sp³-hybridized carbons (Fsp3) is 0.538. The summed E-state index contributed by atoms with van der Waals surface area (Å²) >= 11 is 0. The molecule has 0 spiro atoms. The normalized spacial score (nSPS) is 21.2. The Morgan fingerprint density at radius 1 is 1.11 bits per heavy atom. The molecule has 0 bridgehead atoms. The van der Waals surface area contributed by atoms with Gasteiger partial charge in [0.2, 0.25) is 5.75 Å². The summed E-state index contributed by atoms with van der Waals surface area (Å²) in [7, 11) is 6.71. The van der Waals surface area contributed by atoms with Crippen LogP contribution in [-0.2, 0) is 0 Å². The Bertz CT molecular complexity index is 447. The second-order valence-corrected chi connectivity index (χ2v) is 4.15. The van der Waals surface area contributed by atoms with Crippen LogP contribution in [-0.4, -0.2) is 34.5 Å².